The third-order valence-electron chi connectivity index (χ3n) is 6.55. The Kier molecular flexibility index (Phi) is 8.90. The monoisotopic (exact) mass is 434 g/mol. The van der Waals surface area contributed by atoms with Gasteiger partial charge in [0.05, 0.1) is 11.1 Å². The molecular formula is C28H38N2O2. The Morgan fingerprint density at radius 1 is 0.719 bits per heavy atom. The van der Waals surface area contributed by atoms with Crippen molar-refractivity contribution in [2.24, 2.45) is 5.92 Å². The Hall–Kier alpha value is -2.62. The van der Waals surface area contributed by atoms with E-state index in [0.29, 0.717) is 28.2 Å². The molecule has 4 nitrogen and oxygen atoms in total. The maximum Gasteiger partial charge on any atom is 0.196 e. The van der Waals surface area contributed by atoms with Crippen LogP contribution in [-0.2, 0) is 0 Å². The van der Waals surface area contributed by atoms with E-state index in [-0.39, 0.29) is 11.6 Å². The Bertz CT molecular complexity index is 935. The van der Waals surface area contributed by atoms with Gasteiger partial charge in [-0.3, -0.25) is 9.59 Å². The standard InChI is InChI=1S/C28H38N2O2/c1-4-7-9-12-18-29-23-16-17-24(30-19-20(6-3)13-8-5-2)26-25(23)27(31)21-14-10-11-15-22(21)28(26)32/h10-11,14-17,20,29-30H,4-9,12-13,18-19H2,1-3H3. The Balaban J connectivity index is 1.91. The number of nitrogens with one attached hydrogen (secondary N) is 2. The number of anilines is 2. The van der Waals surface area contributed by atoms with E-state index in [2.05, 4.69) is 31.4 Å². The van der Waals surface area contributed by atoms with Crippen molar-refractivity contribution in [1.29, 1.82) is 0 Å². The molecule has 32 heavy (non-hydrogen) atoms. The average Bonchev–Trinajstić information content (AvgIpc) is 2.82. The van der Waals surface area contributed by atoms with Gasteiger partial charge in [-0.05, 0) is 30.9 Å². The highest BCUT2D eigenvalue weighted by Gasteiger charge is 2.33. The van der Waals surface area contributed by atoms with Gasteiger partial charge in [-0.1, -0.05) is 83.6 Å². The molecule has 0 amide bonds. The van der Waals surface area contributed by atoms with Crippen LogP contribution in [0.25, 0.3) is 0 Å². The van der Waals surface area contributed by atoms with Gasteiger partial charge in [-0.2, -0.15) is 0 Å². The van der Waals surface area contributed by atoms with E-state index < -0.39 is 0 Å². The highest BCUT2D eigenvalue weighted by Crippen LogP contribution is 2.36. The molecule has 0 fully saturated rings. The molecule has 1 aliphatic carbocycles. The van der Waals surface area contributed by atoms with Crippen molar-refractivity contribution in [2.45, 2.75) is 72.1 Å². The van der Waals surface area contributed by atoms with Crippen LogP contribution in [0.5, 0.6) is 0 Å². The zero-order valence-corrected chi connectivity index (χ0v) is 19.9. The first-order chi connectivity index (χ1) is 15.6. The van der Waals surface area contributed by atoms with E-state index in [1.807, 2.05) is 24.3 Å². The predicted molar refractivity (Wildman–Crippen MR) is 134 cm³/mol. The van der Waals surface area contributed by atoms with E-state index in [9.17, 15) is 9.59 Å². The highest BCUT2D eigenvalue weighted by molar-refractivity contribution is 6.31. The average molecular weight is 435 g/mol. The lowest BCUT2D eigenvalue weighted by Gasteiger charge is -2.25. The van der Waals surface area contributed by atoms with Crippen molar-refractivity contribution in [2.75, 3.05) is 23.7 Å². The van der Waals surface area contributed by atoms with Crippen LogP contribution in [0.3, 0.4) is 0 Å². The van der Waals surface area contributed by atoms with Crippen molar-refractivity contribution in [3.8, 4) is 0 Å². The van der Waals surface area contributed by atoms with Crippen LogP contribution in [-0.4, -0.2) is 24.7 Å². The maximum atomic E-state index is 13.5. The first-order valence-electron chi connectivity index (χ1n) is 12.4. The molecular weight excluding hydrogens is 396 g/mol. The van der Waals surface area contributed by atoms with Gasteiger partial charge in [0.25, 0.3) is 0 Å². The number of hydrogen-bond acceptors (Lipinski definition) is 4. The van der Waals surface area contributed by atoms with E-state index in [0.717, 1.165) is 43.7 Å². The second-order valence-electron chi connectivity index (χ2n) is 8.90. The van der Waals surface area contributed by atoms with Crippen LogP contribution in [0.2, 0.25) is 0 Å². The van der Waals surface area contributed by atoms with Gasteiger partial charge >= 0.3 is 0 Å². The number of carbonyl (C=O) groups is 2. The van der Waals surface area contributed by atoms with Crippen molar-refractivity contribution >= 4 is 22.9 Å². The SMILES string of the molecule is CCCCCCNc1ccc(NCC(CC)CCCC)c2c1C(=O)c1ccccc1C2=O. The Labute approximate surface area is 193 Å². The van der Waals surface area contributed by atoms with Gasteiger partial charge in [-0.25, -0.2) is 0 Å². The third kappa shape index (κ3) is 5.40. The number of ketones is 2. The van der Waals surface area contributed by atoms with Crippen molar-refractivity contribution < 1.29 is 9.59 Å². The van der Waals surface area contributed by atoms with Gasteiger partial charge in [0.15, 0.2) is 11.6 Å². The van der Waals surface area contributed by atoms with Crippen molar-refractivity contribution in [3.63, 3.8) is 0 Å². The number of fused-ring (bicyclic) bond motifs is 2. The van der Waals surface area contributed by atoms with Gasteiger partial charge < -0.3 is 10.6 Å². The second kappa shape index (κ2) is 11.8. The third-order valence-corrected chi connectivity index (χ3v) is 6.55. The number of unbranched alkanes of at least 4 members (excludes halogenated alkanes) is 4. The van der Waals surface area contributed by atoms with E-state index in [1.165, 1.54) is 32.1 Å². The lowest BCUT2D eigenvalue weighted by molar-refractivity contribution is 0.0980. The first-order valence-corrected chi connectivity index (χ1v) is 12.4. The smallest absolute Gasteiger partial charge is 0.196 e. The minimum Gasteiger partial charge on any atom is -0.384 e. The van der Waals surface area contributed by atoms with Crippen molar-refractivity contribution in [3.05, 3.63) is 58.7 Å². The molecule has 3 rings (SSSR count). The van der Waals surface area contributed by atoms with Crippen LogP contribution in [0.15, 0.2) is 36.4 Å². The maximum absolute atomic E-state index is 13.5. The van der Waals surface area contributed by atoms with E-state index in [4.69, 9.17) is 0 Å². The fraction of sp³-hybridized carbons (Fsp3) is 0.500. The fourth-order valence-electron chi connectivity index (χ4n) is 4.49. The molecule has 0 bridgehead atoms. The van der Waals surface area contributed by atoms with E-state index in [1.54, 1.807) is 12.1 Å². The normalized spacial score (nSPS) is 13.5. The molecule has 0 radical (unpaired) electrons. The molecule has 0 heterocycles. The van der Waals surface area contributed by atoms with Crippen molar-refractivity contribution in [1.82, 2.24) is 0 Å². The zero-order chi connectivity index (χ0) is 22.9. The summed E-state index contributed by atoms with van der Waals surface area (Å²) in [6, 6.07) is 11.1. The molecule has 4 heteroatoms. The molecule has 0 aliphatic heterocycles. The molecule has 0 spiro atoms. The summed E-state index contributed by atoms with van der Waals surface area (Å²) >= 11 is 0. The Morgan fingerprint density at radius 2 is 1.31 bits per heavy atom. The largest absolute Gasteiger partial charge is 0.384 e. The zero-order valence-electron chi connectivity index (χ0n) is 19.9. The second-order valence-corrected chi connectivity index (χ2v) is 8.90. The molecule has 0 aromatic heterocycles. The quantitative estimate of drug-likeness (QED) is 0.282. The summed E-state index contributed by atoms with van der Waals surface area (Å²) in [5, 5.41) is 6.97. The van der Waals surface area contributed by atoms with Crippen LogP contribution in [0.1, 0.15) is 104 Å². The summed E-state index contributed by atoms with van der Waals surface area (Å²) in [4.78, 5) is 27.0. The first kappa shape index (κ1) is 24.0. The molecule has 1 atom stereocenters. The highest BCUT2D eigenvalue weighted by atomic mass is 16.1. The number of hydrogen-bond donors (Lipinski definition) is 2. The van der Waals surface area contributed by atoms with Gasteiger partial charge in [0.2, 0.25) is 0 Å². The molecule has 0 saturated heterocycles. The summed E-state index contributed by atoms with van der Waals surface area (Å²) < 4.78 is 0. The lowest BCUT2D eigenvalue weighted by atomic mass is 9.82. The summed E-state index contributed by atoms with van der Waals surface area (Å²) in [7, 11) is 0. The fourth-order valence-corrected chi connectivity index (χ4v) is 4.49. The lowest BCUT2D eigenvalue weighted by Crippen LogP contribution is -2.25. The minimum atomic E-state index is -0.0621. The molecule has 1 aliphatic rings. The van der Waals surface area contributed by atoms with E-state index >= 15 is 0 Å². The predicted octanol–water partition coefficient (Wildman–Crippen LogP) is 7.08. The van der Waals surface area contributed by atoms with Crippen LogP contribution in [0.4, 0.5) is 11.4 Å². The summed E-state index contributed by atoms with van der Waals surface area (Å²) in [6.45, 7) is 8.25. The molecule has 2 N–H and O–H groups in total. The number of carbonyl (C=O) groups excluding carboxylic acids is 2. The molecule has 172 valence electrons. The minimum absolute atomic E-state index is 0.0612. The molecule has 2 aromatic rings. The van der Waals surface area contributed by atoms with Gasteiger partial charge in [0.1, 0.15) is 0 Å². The van der Waals surface area contributed by atoms with Crippen LogP contribution in [0, 0.1) is 5.92 Å². The van der Waals surface area contributed by atoms with Crippen LogP contribution >= 0.6 is 0 Å². The van der Waals surface area contributed by atoms with Crippen LogP contribution < -0.4 is 10.6 Å². The number of benzene rings is 2. The molecule has 2 aromatic carbocycles. The topological polar surface area (TPSA) is 58.2 Å². The van der Waals surface area contributed by atoms with Gasteiger partial charge in [-0.15, -0.1) is 0 Å². The van der Waals surface area contributed by atoms with Gasteiger partial charge in [0, 0.05) is 35.6 Å². The summed E-state index contributed by atoms with van der Waals surface area (Å²) in [5.74, 6) is 0.436. The number of rotatable bonds is 13. The summed E-state index contributed by atoms with van der Waals surface area (Å²) in [6.07, 6.45) is 9.30. The molecule has 1 unspecified atom stereocenters. The summed E-state index contributed by atoms with van der Waals surface area (Å²) in [5.41, 5.74) is 3.61. The Morgan fingerprint density at radius 3 is 1.88 bits per heavy atom. The molecule has 0 saturated carbocycles.